The summed E-state index contributed by atoms with van der Waals surface area (Å²) in [5.41, 5.74) is 1.11. The van der Waals surface area contributed by atoms with Crippen molar-refractivity contribution >= 4 is 11.3 Å². The zero-order valence-electron chi connectivity index (χ0n) is 10.2. The Kier molecular flexibility index (Phi) is 6.56. The number of nitrogens with one attached hydrogen (secondary N) is 1. The summed E-state index contributed by atoms with van der Waals surface area (Å²) in [6, 6.07) is 0. The fraction of sp³-hybridized carbons (Fsp3) is 0.727. The molecular formula is C11H20N2O2S. The summed E-state index contributed by atoms with van der Waals surface area (Å²) in [4.78, 5) is 4.48. The normalized spacial score (nSPS) is 12.9. The largest absolute Gasteiger partial charge is 0.382 e. The first-order chi connectivity index (χ1) is 7.80. The molecule has 1 atom stereocenters. The Hall–Kier alpha value is -0.490. The number of aromatic nitrogens is 1. The van der Waals surface area contributed by atoms with Crippen LogP contribution >= 0.6 is 11.3 Å². The SMILES string of the molecule is CCc1nc(CNCC(COC)OC)cs1. The minimum Gasteiger partial charge on any atom is -0.382 e. The van der Waals surface area contributed by atoms with Gasteiger partial charge in [-0.3, -0.25) is 0 Å². The second-order valence-corrected chi connectivity index (χ2v) is 4.47. The maximum atomic E-state index is 5.25. The predicted molar refractivity (Wildman–Crippen MR) is 65.9 cm³/mol. The average Bonchev–Trinajstić information content (AvgIpc) is 2.76. The number of nitrogens with zero attached hydrogens (tertiary/aromatic N) is 1. The van der Waals surface area contributed by atoms with E-state index in [4.69, 9.17) is 9.47 Å². The third-order valence-corrected chi connectivity index (χ3v) is 3.31. The van der Waals surface area contributed by atoms with Gasteiger partial charge in [-0.2, -0.15) is 0 Å². The highest BCUT2D eigenvalue weighted by Crippen LogP contribution is 2.09. The number of methoxy groups -OCH3 is 2. The van der Waals surface area contributed by atoms with E-state index in [9.17, 15) is 0 Å². The third kappa shape index (κ3) is 4.57. The summed E-state index contributed by atoms with van der Waals surface area (Å²) < 4.78 is 10.3. The van der Waals surface area contributed by atoms with E-state index in [-0.39, 0.29) is 6.10 Å². The molecule has 0 aliphatic rings. The van der Waals surface area contributed by atoms with Gasteiger partial charge in [0.1, 0.15) is 0 Å². The molecule has 1 rings (SSSR count). The van der Waals surface area contributed by atoms with Gasteiger partial charge < -0.3 is 14.8 Å². The zero-order valence-corrected chi connectivity index (χ0v) is 11.0. The monoisotopic (exact) mass is 244 g/mol. The van der Waals surface area contributed by atoms with Crippen LogP contribution in [0.4, 0.5) is 0 Å². The van der Waals surface area contributed by atoms with Crippen molar-refractivity contribution < 1.29 is 9.47 Å². The fourth-order valence-electron chi connectivity index (χ4n) is 1.35. The zero-order chi connectivity index (χ0) is 11.8. The Balaban J connectivity index is 2.23. The Morgan fingerprint density at radius 1 is 1.50 bits per heavy atom. The molecule has 4 nitrogen and oxygen atoms in total. The van der Waals surface area contributed by atoms with Gasteiger partial charge in [0.2, 0.25) is 0 Å². The number of aryl methyl sites for hydroxylation is 1. The van der Waals surface area contributed by atoms with Crippen molar-refractivity contribution in [2.75, 3.05) is 27.4 Å². The van der Waals surface area contributed by atoms with Crippen LogP contribution in [-0.4, -0.2) is 38.5 Å². The van der Waals surface area contributed by atoms with E-state index in [0.29, 0.717) is 6.61 Å². The highest BCUT2D eigenvalue weighted by molar-refractivity contribution is 7.09. The summed E-state index contributed by atoms with van der Waals surface area (Å²) in [6.07, 6.45) is 1.11. The van der Waals surface area contributed by atoms with Crippen molar-refractivity contribution in [3.63, 3.8) is 0 Å². The number of ether oxygens (including phenoxy) is 2. The van der Waals surface area contributed by atoms with Gasteiger partial charge in [-0.1, -0.05) is 6.92 Å². The molecule has 0 aliphatic carbocycles. The maximum absolute atomic E-state index is 5.25. The lowest BCUT2D eigenvalue weighted by molar-refractivity contribution is 0.0287. The molecule has 1 unspecified atom stereocenters. The molecule has 0 spiro atoms. The molecule has 0 radical (unpaired) electrons. The van der Waals surface area contributed by atoms with E-state index >= 15 is 0 Å². The first-order valence-electron chi connectivity index (χ1n) is 5.45. The number of hydrogen-bond donors (Lipinski definition) is 1. The maximum Gasteiger partial charge on any atom is 0.0928 e. The van der Waals surface area contributed by atoms with Crippen molar-refractivity contribution in [2.45, 2.75) is 26.0 Å². The van der Waals surface area contributed by atoms with Gasteiger partial charge in [0.05, 0.1) is 23.4 Å². The summed E-state index contributed by atoms with van der Waals surface area (Å²) in [5, 5.41) is 6.61. The highest BCUT2D eigenvalue weighted by Gasteiger charge is 2.06. The standard InChI is InChI=1S/C11H20N2O2S/c1-4-11-13-9(8-16-11)5-12-6-10(15-3)7-14-2/h8,10,12H,4-7H2,1-3H3. The second-order valence-electron chi connectivity index (χ2n) is 3.53. The number of thiazole rings is 1. The molecule has 0 fully saturated rings. The van der Waals surface area contributed by atoms with E-state index in [0.717, 1.165) is 25.2 Å². The Bertz CT molecular complexity index is 291. The van der Waals surface area contributed by atoms with Crippen LogP contribution in [0.2, 0.25) is 0 Å². The molecule has 1 N–H and O–H groups in total. The van der Waals surface area contributed by atoms with E-state index in [2.05, 4.69) is 22.6 Å². The predicted octanol–water partition coefficient (Wildman–Crippen LogP) is 1.46. The fourth-order valence-corrected chi connectivity index (χ4v) is 2.09. The van der Waals surface area contributed by atoms with Gasteiger partial charge in [0.25, 0.3) is 0 Å². The minimum absolute atomic E-state index is 0.106. The molecular weight excluding hydrogens is 224 g/mol. The van der Waals surface area contributed by atoms with E-state index in [1.165, 1.54) is 5.01 Å². The van der Waals surface area contributed by atoms with Crippen LogP contribution in [0.1, 0.15) is 17.6 Å². The Morgan fingerprint density at radius 2 is 2.31 bits per heavy atom. The third-order valence-electron chi connectivity index (χ3n) is 2.27. The molecule has 0 amide bonds. The van der Waals surface area contributed by atoms with E-state index < -0.39 is 0 Å². The molecule has 0 aromatic carbocycles. The Labute approximate surface area is 101 Å². The summed E-state index contributed by atoms with van der Waals surface area (Å²) >= 11 is 1.72. The molecule has 1 aromatic rings. The summed E-state index contributed by atoms with van der Waals surface area (Å²) in [6.45, 7) is 4.31. The van der Waals surface area contributed by atoms with Crippen molar-refractivity contribution in [3.8, 4) is 0 Å². The van der Waals surface area contributed by atoms with Crippen molar-refractivity contribution in [1.29, 1.82) is 0 Å². The first kappa shape index (κ1) is 13.6. The molecule has 0 aliphatic heterocycles. The second kappa shape index (κ2) is 7.73. The van der Waals surface area contributed by atoms with Crippen LogP contribution in [0.15, 0.2) is 5.38 Å². The van der Waals surface area contributed by atoms with Gasteiger partial charge >= 0.3 is 0 Å². The van der Waals surface area contributed by atoms with Gasteiger partial charge in [-0.05, 0) is 6.42 Å². The molecule has 1 heterocycles. The van der Waals surface area contributed by atoms with Crippen molar-refractivity contribution in [3.05, 3.63) is 16.1 Å². The van der Waals surface area contributed by atoms with Crippen LogP contribution in [0.5, 0.6) is 0 Å². The van der Waals surface area contributed by atoms with Crippen LogP contribution in [0.25, 0.3) is 0 Å². The molecule has 5 heteroatoms. The molecule has 16 heavy (non-hydrogen) atoms. The van der Waals surface area contributed by atoms with Crippen LogP contribution in [0.3, 0.4) is 0 Å². The minimum atomic E-state index is 0.106. The van der Waals surface area contributed by atoms with E-state index in [1.807, 2.05) is 0 Å². The topological polar surface area (TPSA) is 43.4 Å². The van der Waals surface area contributed by atoms with Gasteiger partial charge in [-0.25, -0.2) is 4.98 Å². The average molecular weight is 244 g/mol. The van der Waals surface area contributed by atoms with Crippen molar-refractivity contribution in [2.24, 2.45) is 0 Å². The molecule has 0 saturated heterocycles. The molecule has 92 valence electrons. The Morgan fingerprint density at radius 3 is 2.88 bits per heavy atom. The molecule has 0 bridgehead atoms. The van der Waals surface area contributed by atoms with Gasteiger partial charge in [0, 0.05) is 32.7 Å². The van der Waals surface area contributed by atoms with Crippen LogP contribution in [-0.2, 0) is 22.4 Å². The van der Waals surface area contributed by atoms with Crippen LogP contribution in [0, 0.1) is 0 Å². The van der Waals surface area contributed by atoms with Gasteiger partial charge in [-0.15, -0.1) is 11.3 Å². The lowest BCUT2D eigenvalue weighted by Crippen LogP contribution is -2.31. The van der Waals surface area contributed by atoms with E-state index in [1.54, 1.807) is 25.6 Å². The summed E-state index contributed by atoms with van der Waals surface area (Å²) in [7, 11) is 3.38. The number of hydrogen-bond acceptors (Lipinski definition) is 5. The lowest BCUT2D eigenvalue weighted by Gasteiger charge is -2.14. The molecule has 1 aromatic heterocycles. The van der Waals surface area contributed by atoms with Crippen molar-refractivity contribution in [1.82, 2.24) is 10.3 Å². The lowest BCUT2D eigenvalue weighted by atomic mass is 10.3. The molecule has 0 saturated carbocycles. The quantitative estimate of drug-likeness (QED) is 0.752. The smallest absolute Gasteiger partial charge is 0.0928 e. The number of rotatable bonds is 8. The van der Waals surface area contributed by atoms with Crippen LogP contribution < -0.4 is 5.32 Å². The highest BCUT2D eigenvalue weighted by atomic mass is 32.1. The summed E-state index contributed by atoms with van der Waals surface area (Å²) in [5.74, 6) is 0. The first-order valence-corrected chi connectivity index (χ1v) is 6.33. The van der Waals surface area contributed by atoms with Gasteiger partial charge in [0.15, 0.2) is 0 Å².